The molecule has 0 aromatic heterocycles. The van der Waals surface area contributed by atoms with Crippen LogP contribution in [0, 0.1) is 6.92 Å². The number of carbonyl (C=O) groups is 1. The number of aldehydes is 1. The highest BCUT2D eigenvalue weighted by molar-refractivity contribution is 9.15. The molecule has 1 aromatic rings. The first kappa shape index (κ1) is 11.0. The highest BCUT2D eigenvalue weighted by atomic mass is 79.9. The van der Waals surface area contributed by atoms with Crippen molar-refractivity contribution in [3.05, 3.63) is 35.4 Å². The molecule has 3 heteroatoms. The molecule has 0 spiro atoms. The van der Waals surface area contributed by atoms with E-state index in [1.165, 1.54) is 6.08 Å². The molecule has 0 bridgehead atoms. The van der Waals surface area contributed by atoms with Crippen molar-refractivity contribution in [2.24, 2.45) is 0 Å². The maximum Gasteiger partial charge on any atom is 0.143 e. The molecular formula is C11H11BrO2. The quantitative estimate of drug-likeness (QED) is 0.613. The number of halogens is 1. The summed E-state index contributed by atoms with van der Waals surface area (Å²) in [6.07, 6.45) is 2.20. The van der Waals surface area contributed by atoms with E-state index < -0.39 is 0 Å². The van der Waals surface area contributed by atoms with Crippen LogP contribution in [0.5, 0.6) is 5.75 Å². The van der Waals surface area contributed by atoms with Gasteiger partial charge in [-0.15, -0.1) is 0 Å². The average molecular weight is 255 g/mol. The van der Waals surface area contributed by atoms with Crippen molar-refractivity contribution in [1.29, 1.82) is 0 Å². The Kier molecular flexibility index (Phi) is 3.89. The minimum Gasteiger partial charge on any atom is -0.496 e. The molecule has 0 amide bonds. The van der Waals surface area contributed by atoms with Crippen molar-refractivity contribution in [1.82, 2.24) is 0 Å². The van der Waals surface area contributed by atoms with Gasteiger partial charge in [-0.3, -0.25) is 4.79 Å². The molecule has 0 radical (unpaired) electrons. The molecule has 1 aromatic carbocycles. The molecular weight excluding hydrogens is 244 g/mol. The van der Waals surface area contributed by atoms with Gasteiger partial charge in [0.1, 0.15) is 12.0 Å². The Balaban J connectivity index is 3.23. The Morgan fingerprint density at radius 2 is 2.21 bits per heavy atom. The third-order valence-electron chi connectivity index (χ3n) is 1.83. The molecule has 0 saturated carbocycles. The molecule has 0 N–H and O–H groups in total. The number of benzene rings is 1. The van der Waals surface area contributed by atoms with E-state index in [1.54, 1.807) is 7.11 Å². The average Bonchev–Trinajstić information content (AvgIpc) is 2.18. The number of rotatable bonds is 3. The molecule has 0 aliphatic heterocycles. The first-order chi connectivity index (χ1) is 6.69. The van der Waals surface area contributed by atoms with Crippen LogP contribution in [0.15, 0.2) is 24.3 Å². The van der Waals surface area contributed by atoms with E-state index in [2.05, 4.69) is 15.9 Å². The molecule has 0 unspecified atom stereocenters. The van der Waals surface area contributed by atoms with Gasteiger partial charge in [-0.05, 0) is 41.1 Å². The van der Waals surface area contributed by atoms with Gasteiger partial charge < -0.3 is 4.74 Å². The zero-order valence-electron chi connectivity index (χ0n) is 8.08. The SMILES string of the molecule is COc1ccc(C)cc1/C(Br)=C/C=O. The summed E-state index contributed by atoms with van der Waals surface area (Å²) >= 11 is 3.32. The lowest BCUT2D eigenvalue weighted by Crippen LogP contribution is -1.89. The van der Waals surface area contributed by atoms with Gasteiger partial charge in [0.2, 0.25) is 0 Å². The predicted octanol–water partition coefficient (Wildman–Crippen LogP) is 2.94. The molecule has 14 heavy (non-hydrogen) atoms. The molecule has 0 fully saturated rings. The summed E-state index contributed by atoms with van der Waals surface area (Å²) in [4.78, 5) is 10.3. The van der Waals surface area contributed by atoms with E-state index in [0.29, 0.717) is 0 Å². The maximum atomic E-state index is 10.3. The third-order valence-corrected chi connectivity index (χ3v) is 2.52. The maximum absolute atomic E-state index is 10.3. The van der Waals surface area contributed by atoms with Crippen LogP contribution in [-0.4, -0.2) is 13.4 Å². The number of aryl methyl sites for hydroxylation is 1. The minimum atomic E-state index is 0.730. The Bertz CT molecular complexity index is 370. The fourth-order valence-corrected chi connectivity index (χ4v) is 1.58. The van der Waals surface area contributed by atoms with Gasteiger partial charge in [-0.2, -0.15) is 0 Å². The summed E-state index contributed by atoms with van der Waals surface area (Å²) in [5.74, 6) is 0.751. The van der Waals surface area contributed by atoms with Crippen LogP contribution in [-0.2, 0) is 4.79 Å². The topological polar surface area (TPSA) is 26.3 Å². The number of methoxy groups -OCH3 is 1. The van der Waals surface area contributed by atoms with Gasteiger partial charge in [0.25, 0.3) is 0 Å². The molecule has 74 valence electrons. The fraction of sp³-hybridized carbons (Fsp3) is 0.182. The molecule has 0 aliphatic rings. The van der Waals surface area contributed by atoms with Crippen molar-refractivity contribution < 1.29 is 9.53 Å². The Labute approximate surface area is 91.7 Å². The van der Waals surface area contributed by atoms with Crippen LogP contribution in [0.1, 0.15) is 11.1 Å². The Morgan fingerprint density at radius 1 is 1.50 bits per heavy atom. The van der Waals surface area contributed by atoms with Crippen molar-refractivity contribution in [3.8, 4) is 5.75 Å². The van der Waals surface area contributed by atoms with E-state index in [0.717, 1.165) is 27.6 Å². The van der Waals surface area contributed by atoms with Gasteiger partial charge >= 0.3 is 0 Å². The molecule has 0 atom stereocenters. The van der Waals surface area contributed by atoms with Gasteiger partial charge in [-0.1, -0.05) is 11.6 Å². The molecule has 0 saturated heterocycles. The number of allylic oxidation sites excluding steroid dienone is 1. The van der Waals surface area contributed by atoms with E-state index in [9.17, 15) is 4.79 Å². The number of hydrogen-bond acceptors (Lipinski definition) is 2. The van der Waals surface area contributed by atoms with E-state index in [-0.39, 0.29) is 0 Å². The lowest BCUT2D eigenvalue weighted by molar-refractivity contribution is -0.104. The van der Waals surface area contributed by atoms with Crippen LogP contribution < -0.4 is 4.74 Å². The van der Waals surface area contributed by atoms with Crippen molar-refractivity contribution in [3.63, 3.8) is 0 Å². The van der Waals surface area contributed by atoms with Crippen LogP contribution in [0.3, 0.4) is 0 Å². The summed E-state index contributed by atoms with van der Waals surface area (Å²) in [7, 11) is 1.61. The summed E-state index contributed by atoms with van der Waals surface area (Å²) in [6.45, 7) is 1.99. The smallest absolute Gasteiger partial charge is 0.143 e. The monoisotopic (exact) mass is 254 g/mol. The van der Waals surface area contributed by atoms with Crippen LogP contribution in [0.2, 0.25) is 0 Å². The van der Waals surface area contributed by atoms with Crippen molar-refractivity contribution in [2.75, 3.05) is 7.11 Å². The van der Waals surface area contributed by atoms with E-state index in [1.807, 2.05) is 25.1 Å². The summed E-state index contributed by atoms with van der Waals surface area (Å²) in [5, 5.41) is 0. The van der Waals surface area contributed by atoms with E-state index >= 15 is 0 Å². The van der Waals surface area contributed by atoms with Gasteiger partial charge in [-0.25, -0.2) is 0 Å². The Morgan fingerprint density at radius 3 is 2.79 bits per heavy atom. The van der Waals surface area contributed by atoms with Crippen molar-refractivity contribution >= 4 is 26.7 Å². The number of hydrogen-bond donors (Lipinski definition) is 0. The highest BCUT2D eigenvalue weighted by Crippen LogP contribution is 2.30. The first-order valence-electron chi connectivity index (χ1n) is 4.15. The highest BCUT2D eigenvalue weighted by Gasteiger charge is 2.05. The van der Waals surface area contributed by atoms with Crippen LogP contribution in [0.4, 0.5) is 0 Å². The second kappa shape index (κ2) is 4.96. The predicted molar refractivity (Wildman–Crippen MR) is 60.7 cm³/mol. The first-order valence-corrected chi connectivity index (χ1v) is 4.94. The molecule has 1 rings (SSSR count). The number of carbonyl (C=O) groups excluding carboxylic acids is 1. The molecule has 2 nitrogen and oxygen atoms in total. The summed E-state index contributed by atoms with van der Waals surface area (Å²) in [5.41, 5.74) is 2.01. The summed E-state index contributed by atoms with van der Waals surface area (Å²) < 4.78 is 5.91. The standard InChI is InChI=1S/C11H11BrO2/c1-8-3-4-11(14-2)9(7-8)10(12)5-6-13/h3-7H,1-2H3/b10-5-. The summed E-state index contributed by atoms with van der Waals surface area (Å²) in [6, 6.07) is 5.80. The zero-order valence-corrected chi connectivity index (χ0v) is 9.67. The van der Waals surface area contributed by atoms with Gasteiger partial charge in [0, 0.05) is 10.0 Å². The molecule has 0 aliphatic carbocycles. The van der Waals surface area contributed by atoms with Crippen molar-refractivity contribution in [2.45, 2.75) is 6.92 Å². The largest absolute Gasteiger partial charge is 0.496 e. The normalized spacial score (nSPS) is 11.2. The second-order valence-corrected chi connectivity index (χ2v) is 3.71. The molecule has 0 heterocycles. The van der Waals surface area contributed by atoms with Gasteiger partial charge in [0.05, 0.1) is 7.11 Å². The minimum absolute atomic E-state index is 0.730. The second-order valence-electron chi connectivity index (χ2n) is 2.85. The number of ether oxygens (including phenoxy) is 1. The van der Waals surface area contributed by atoms with Crippen LogP contribution in [0.25, 0.3) is 4.48 Å². The lowest BCUT2D eigenvalue weighted by atomic mass is 10.1. The fourth-order valence-electron chi connectivity index (χ4n) is 1.16. The third kappa shape index (κ3) is 2.45. The van der Waals surface area contributed by atoms with E-state index in [4.69, 9.17) is 4.74 Å². The zero-order chi connectivity index (χ0) is 10.6. The van der Waals surface area contributed by atoms with Crippen LogP contribution >= 0.6 is 15.9 Å². The Hall–Kier alpha value is -1.09. The lowest BCUT2D eigenvalue weighted by Gasteiger charge is -2.07. The van der Waals surface area contributed by atoms with Gasteiger partial charge in [0.15, 0.2) is 0 Å².